The summed E-state index contributed by atoms with van der Waals surface area (Å²) in [5.41, 5.74) is 0. The van der Waals surface area contributed by atoms with E-state index in [1.54, 1.807) is 6.08 Å². The molecule has 1 aliphatic heterocycles. The number of aliphatic hydroxyl groups excluding tert-OH is 5. The van der Waals surface area contributed by atoms with Crippen LogP contribution in [0.5, 0.6) is 0 Å². The second-order valence-corrected chi connectivity index (χ2v) is 19.4. The van der Waals surface area contributed by atoms with Gasteiger partial charge in [-0.3, -0.25) is 4.79 Å². The van der Waals surface area contributed by atoms with Crippen LogP contribution in [-0.4, -0.2) is 87.5 Å². The third-order valence-electron chi connectivity index (χ3n) is 13.0. The third kappa shape index (κ3) is 37.5. The molecule has 1 amide bonds. The standard InChI is InChI=1S/C59H105NO8/c1-3-5-7-9-11-13-15-17-19-21-22-23-24-25-26-27-28-29-30-31-32-33-35-37-39-41-43-45-47-49-55(63)60-52(51-67-59-58(66)57(65)56(64)54(50-61)68-59)53(62)48-46-44-42-40-38-36-34-20-18-16-14-12-10-8-6-4-2/h5,7,11,13,17,19,22-23,25-26,46,48,52-54,56-59,61-62,64-66H,3-4,6,8-10,12,14-16,18,20-21,24,27-45,47,49-51H2,1-2H3,(H,60,63)/b7-5-,13-11-,19-17-,23-22-,26-25-,48-46+. The molecule has 1 aliphatic rings. The summed E-state index contributed by atoms with van der Waals surface area (Å²) in [4.78, 5) is 13.0. The van der Waals surface area contributed by atoms with Gasteiger partial charge in [-0.05, 0) is 64.2 Å². The molecule has 0 radical (unpaired) electrons. The zero-order chi connectivity index (χ0) is 49.4. The van der Waals surface area contributed by atoms with Crippen molar-refractivity contribution in [2.45, 2.75) is 281 Å². The Labute approximate surface area is 417 Å². The van der Waals surface area contributed by atoms with E-state index in [0.29, 0.717) is 6.42 Å². The van der Waals surface area contributed by atoms with Gasteiger partial charge in [0.1, 0.15) is 24.4 Å². The summed E-state index contributed by atoms with van der Waals surface area (Å²) in [6.07, 6.45) is 59.6. The van der Waals surface area contributed by atoms with Gasteiger partial charge in [-0.1, -0.05) is 241 Å². The van der Waals surface area contributed by atoms with Crippen molar-refractivity contribution in [2.75, 3.05) is 13.2 Å². The molecule has 0 saturated carbocycles. The van der Waals surface area contributed by atoms with Crippen LogP contribution < -0.4 is 5.32 Å². The molecule has 68 heavy (non-hydrogen) atoms. The number of nitrogens with one attached hydrogen (secondary N) is 1. The summed E-state index contributed by atoms with van der Waals surface area (Å²) >= 11 is 0. The van der Waals surface area contributed by atoms with Gasteiger partial charge in [0.2, 0.25) is 5.91 Å². The van der Waals surface area contributed by atoms with Crippen molar-refractivity contribution in [1.29, 1.82) is 0 Å². The summed E-state index contributed by atoms with van der Waals surface area (Å²) in [7, 11) is 0. The van der Waals surface area contributed by atoms with E-state index in [-0.39, 0.29) is 12.5 Å². The van der Waals surface area contributed by atoms with E-state index in [4.69, 9.17) is 9.47 Å². The van der Waals surface area contributed by atoms with E-state index < -0.39 is 49.5 Å². The van der Waals surface area contributed by atoms with Crippen LogP contribution in [0, 0.1) is 0 Å². The predicted octanol–water partition coefficient (Wildman–Crippen LogP) is 13.7. The molecular formula is C59H105NO8. The molecule has 0 aliphatic carbocycles. The lowest BCUT2D eigenvalue weighted by atomic mass is 9.99. The highest BCUT2D eigenvalue weighted by molar-refractivity contribution is 5.76. The number of carbonyl (C=O) groups is 1. The average molecular weight is 956 g/mol. The first kappa shape index (κ1) is 63.6. The molecule has 1 heterocycles. The monoisotopic (exact) mass is 956 g/mol. The number of unbranched alkanes of at least 4 members (excludes halogenated alkanes) is 27. The highest BCUT2D eigenvalue weighted by Gasteiger charge is 2.44. The summed E-state index contributed by atoms with van der Waals surface area (Å²) in [5, 5.41) is 54.5. The van der Waals surface area contributed by atoms with Crippen molar-refractivity contribution in [3.05, 3.63) is 72.9 Å². The zero-order valence-corrected chi connectivity index (χ0v) is 43.6. The van der Waals surface area contributed by atoms with Crippen LogP contribution in [0.4, 0.5) is 0 Å². The van der Waals surface area contributed by atoms with Crippen molar-refractivity contribution < 1.29 is 39.8 Å². The molecular weight excluding hydrogens is 851 g/mol. The van der Waals surface area contributed by atoms with Crippen LogP contribution in [-0.2, 0) is 14.3 Å². The van der Waals surface area contributed by atoms with Gasteiger partial charge >= 0.3 is 0 Å². The van der Waals surface area contributed by atoms with Crippen LogP contribution in [0.1, 0.15) is 239 Å². The Morgan fingerprint density at radius 2 is 0.912 bits per heavy atom. The smallest absolute Gasteiger partial charge is 0.220 e. The fourth-order valence-electron chi connectivity index (χ4n) is 8.60. The highest BCUT2D eigenvalue weighted by Crippen LogP contribution is 2.23. The molecule has 1 fully saturated rings. The minimum atomic E-state index is -1.57. The Morgan fingerprint density at radius 1 is 0.515 bits per heavy atom. The first-order chi connectivity index (χ1) is 33.3. The molecule has 0 aromatic heterocycles. The lowest BCUT2D eigenvalue weighted by molar-refractivity contribution is -0.302. The number of rotatable bonds is 47. The molecule has 9 nitrogen and oxygen atoms in total. The molecule has 0 aromatic rings. The Kier molecular flexibility index (Phi) is 45.2. The van der Waals surface area contributed by atoms with E-state index in [1.165, 1.54) is 148 Å². The van der Waals surface area contributed by atoms with Crippen molar-refractivity contribution in [3.63, 3.8) is 0 Å². The van der Waals surface area contributed by atoms with Crippen LogP contribution in [0.15, 0.2) is 72.9 Å². The van der Waals surface area contributed by atoms with E-state index in [1.807, 2.05) is 6.08 Å². The van der Waals surface area contributed by atoms with Crippen LogP contribution >= 0.6 is 0 Å². The van der Waals surface area contributed by atoms with Crippen LogP contribution in [0.2, 0.25) is 0 Å². The van der Waals surface area contributed by atoms with Crippen molar-refractivity contribution in [3.8, 4) is 0 Å². The second-order valence-electron chi connectivity index (χ2n) is 19.4. The minimum Gasteiger partial charge on any atom is -0.394 e. The summed E-state index contributed by atoms with van der Waals surface area (Å²) < 4.78 is 11.3. The van der Waals surface area contributed by atoms with Gasteiger partial charge in [0.05, 0.1) is 25.4 Å². The number of aliphatic hydroxyl groups is 5. The van der Waals surface area contributed by atoms with Gasteiger partial charge in [0.15, 0.2) is 6.29 Å². The van der Waals surface area contributed by atoms with Crippen molar-refractivity contribution in [1.82, 2.24) is 5.32 Å². The van der Waals surface area contributed by atoms with Gasteiger partial charge in [-0.25, -0.2) is 0 Å². The molecule has 0 spiro atoms. The molecule has 394 valence electrons. The Morgan fingerprint density at radius 3 is 1.35 bits per heavy atom. The Bertz CT molecular complexity index is 1290. The molecule has 7 atom stereocenters. The van der Waals surface area contributed by atoms with Crippen molar-refractivity contribution >= 4 is 5.91 Å². The van der Waals surface area contributed by atoms with Gasteiger partial charge in [-0.2, -0.15) is 0 Å². The maximum atomic E-state index is 13.0. The number of allylic oxidation sites excluding steroid dienone is 11. The number of hydrogen-bond acceptors (Lipinski definition) is 8. The quantitative estimate of drug-likeness (QED) is 0.0261. The third-order valence-corrected chi connectivity index (χ3v) is 13.0. The number of carbonyl (C=O) groups excluding carboxylic acids is 1. The van der Waals surface area contributed by atoms with Gasteiger partial charge in [0.25, 0.3) is 0 Å². The van der Waals surface area contributed by atoms with Crippen molar-refractivity contribution in [2.24, 2.45) is 0 Å². The fourth-order valence-corrected chi connectivity index (χ4v) is 8.60. The molecule has 9 heteroatoms. The van der Waals surface area contributed by atoms with E-state index in [9.17, 15) is 30.3 Å². The second kappa shape index (κ2) is 48.3. The first-order valence-electron chi connectivity index (χ1n) is 28.2. The van der Waals surface area contributed by atoms with E-state index in [0.717, 1.165) is 70.6 Å². The topological polar surface area (TPSA) is 149 Å². The minimum absolute atomic E-state index is 0.180. The zero-order valence-electron chi connectivity index (χ0n) is 43.6. The molecule has 6 N–H and O–H groups in total. The first-order valence-corrected chi connectivity index (χ1v) is 28.2. The lowest BCUT2D eigenvalue weighted by Gasteiger charge is -2.40. The number of amides is 1. The molecule has 1 saturated heterocycles. The van der Waals surface area contributed by atoms with Crippen LogP contribution in [0.3, 0.4) is 0 Å². The molecule has 1 rings (SSSR count). The number of hydrogen-bond donors (Lipinski definition) is 6. The number of ether oxygens (including phenoxy) is 2. The Balaban J connectivity index is 2.21. The normalized spacial score (nSPS) is 20.1. The Hall–Kier alpha value is -2.37. The summed E-state index contributed by atoms with van der Waals surface area (Å²) in [5.74, 6) is -0.180. The predicted molar refractivity (Wildman–Crippen MR) is 285 cm³/mol. The SMILES string of the molecule is CC/C=C\C/C=C\C/C=C\C/C=C\C/C=C\CCCCCCCCCCCCCCCC(=O)NC(COC1OC(CO)C(O)C(O)C1O)C(O)/C=C/CCCCCCCCCCCCCCCC. The summed E-state index contributed by atoms with van der Waals surface area (Å²) in [6, 6.07) is -0.808. The molecule has 0 aromatic carbocycles. The van der Waals surface area contributed by atoms with Gasteiger partial charge < -0.3 is 40.3 Å². The summed E-state index contributed by atoms with van der Waals surface area (Å²) in [6.45, 7) is 3.67. The fraction of sp³-hybridized carbons (Fsp3) is 0.780. The highest BCUT2D eigenvalue weighted by atomic mass is 16.7. The van der Waals surface area contributed by atoms with E-state index >= 15 is 0 Å². The van der Waals surface area contributed by atoms with E-state index in [2.05, 4.69) is 79.9 Å². The largest absolute Gasteiger partial charge is 0.394 e. The lowest BCUT2D eigenvalue weighted by Crippen LogP contribution is -2.60. The molecule has 0 bridgehead atoms. The maximum Gasteiger partial charge on any atom is 0.220 e. The molecule has 7 unspecified atom stereocenters. The van der Waals surface area contributed by atoms with Crippen LogP contribution in [0.25, 0.3) is 0 Å². The maximum absolute atomic E-state index is 13.0. The average Bonchev–Trinajstić information content (AvgIpc) is 3.34. The van der Waals surface area contributed by atoms with Gasteiger partial charge in [-0.15, -0.1) is 0 Å². The van der Waals surface area contributed by atoms with Gasteiger partial charge in [0, 0.05) is 6.42 Å².